The quantitative estimate of drug-likeness (QED) is 0.618. The number of carbonyl (C=O) groups is 1. The standard InChI is InChI=1S/C15H19FN2O3/c1-9(2)17(8-11-4-5-11)15(19)13-7-12(18(20)21)6-10(3)14(13)16/h6-7,9,11H,4-5,8H2,1-3H3. The second-order valence-electron chi connectivity index (χ2n) is 5.88. The van der Waals surface area contributed by atoms with Crippen LogP contribution in [-0.2, 0) is 0 Å². The van der Waals surface area contributed by atoms with Gasteiger partial charge in [0.1, 0.15) is 5.82 Å². The average Bonchev–Trinajstić information content (AvgIpc) is 3.21. The molecule has 1 aromatic rings. The van der Waals surface area contributed by atoms with Gasteiger partial charge in [-0.3, -0.25) is 14.9 Å². The molecule has 1 saturated carbocycles. The Labute approximate surface area is 122 Å². The molecule has 0 aliphatic heterocycles. The number of carbonyl (C=O) groups excluding carboxylic acids is 1. The maximum atomic E-state index is 14.2. The number of hydrogen-bond donors (Lipinski definition) is 0. The monoisotopic (exact) mass is 294 g/mol. The van der Waals surface area contributed by atoms with E-state index in [1.165, 1.54) is 6.92 Å². The minimum absolute atomic E-state index is 0.0722. The molecule has 0 atom stereocenters. The molecule has 2 rings (SSSR count). The highest BCUT2D eigenvalue weighted by molar-refractivity contribution is 5.95. The third-order valence-corrected chi connectivity index (χ3v) is 3.72. The number of nitro groups is 1. The molecular weight excluding hydrogens is 275 g/mol. The fourth-order valence-corrected chi connectivity index (χ4v) is 2.27. The van der Waals surface area contributed by atoms with Crippen molar-refractivity contribution in [3.05, 3.63) is 39.2 Å². The van der Waals surface area contributed by atoms with Crippen molar-refractivity contribution in [2.24, 2.45) is 5.92 Å². The third-order valence-electron chi connectivity index (χ3n) is 3.72. The number of hydrogen-bond acceptors (Lipinski definition) is 3. The topological polar surface area (TPSA) is 63.5 Å². The Hall–Kier alpha value is -1.98. The second kappa shape index (κ2) is 5.79. The Morgan fingerprint density at radius 1 is 1.48 bits per heavy atom. The number of halogens is 1. The van der Waals surface area contributed by atoms with Crippen LogP contribution in [0.15, 0.2) is 12.1 Å². The Morgan fingerprint density at radius 2 is 2.10 bits per heavy atom. The van der Waals surface area contributed by atoms with E-state index in [0.29, 0.717) is 12.5 Å². The highest BCUT2D eigenvalue weighted by Gasteiger charge is 2.31. The van der Waals surface area contributed by atoms with Gasteiger partial charge in [-0.05, 0) is 45.1 Å². The van der Waals surface area contributed by atoms with E-state index in [1.807, 2.05) is 13.8 Å². The molecule has 0 aromatic heterocycles. The van der Waals surface area contributed by atoms with Gasteiger partial charge < -0.3 is 4.90 Å². The predicted octanol–water partition coefficient (Wildman–Crippen LogP) is 3.30. The summed E-state index contributed by atoms with van der Waals surface area (Å²) in [4.78, 5) is 24.4. The zero-order valence-corrected chi connectivity index (χ0v) is 12.4. The Kier molecular flexibility index (Phi) is 4.25. The number of aryl methyl sites for hydroxylation is 1. The molecule has 5 nitrogen and oxygen atoms in total. The lowest BCUT2D eigenvalue weighted by Gasteiger charge is -2.27. The molecule has 0 unspecified atom stereocenters. The van der Waals surface area contributed by atoms with Crippen molar-refractivity contribution in [1.29, 1.82) is 0 Å². The van der Waals surface area contributed by atoms with Crippen LogP contribution >= 0.6 is 0 Å². The summed E-state index contributed by atoms with van der Waals surface area (Å²) in [6.45, 7) is 5.74. The van der Waals surface area contributed by atoms with Crippen molar-refractivity contribution < 1.29 is 14.1 Å². The lowest BCUT2D eigenvalue weighted by Crippen LogP contribution is -2.39. The summed E-state index contributed by atoms with van der Waals surface area (Å²) in [5, 5.41) is 10.9. The SMILES string of the molecule is Cc1cc([N+](=O)[O-])cc(C(=O)N(CC2CC2)C(C)C)c1F. The third kappa shape index (κ3) is 3.37. The molecule has 0 spiro atoms. The molecule has 1 fully saturated rings. The fourth-order valence-electron chi connectivity index (χ4n) is 2.27. The first-order valence-corrected chi connectivity index (χ1v) is 7.06. The number of nitrogens with zero attached hydrogens (tertiary/aromatic N) is 2. The minimum atomic E-state index is -0.674. The van der Waals surface area contributed by atoms with Gasteiger partial charge in [0.15, 0.2) is 0 Å². The van der Waals surface area contributed by atoms with Gasteiger partial charge in [-0.25, -0.2) is 4.39 Å². The highest BCUT2D eigenvalue weighted by atomic mass is 19.1. The molecule has 1 aliphatic rings. The van der Waals surface area contributed by atoms with Crippen LogP contribution in [0.2, 0.25) is 0 Å². The average molecular weight is 294 g/mol. The summed E-state index contributed by atoms with van der Waals surface area (Å²) >= 11 is 0. The molecule has 6 heteroatoms. The zero-order chi connectivity index (χ0) is 15.7. The largest absolute Gasteiger partial charge is 0.336 e. The zero-order valence-electron chi connectivity index (χ0n) is 12.4. The van der Waals surface area contributed by atoms with Crippen LogP contribution in [0, 0.1) is 28.8 Å². The van der Waals surface area contributed by atoms with E-state index >= 15 is 0 Å². The number of nitro benzene ring substituents is 1. The van der Waals surface area contributed by atoms with Crippen LogP contribution in [0.3, 0.4) is 0 Å². The Bertz CT molecular complexity index is 583. The summed E-state index contributed by atoms with van der Waals surface area (Å²) in [5.74, 6) is -0.674. The normalized spacial score (nSPS) is 14.3. The minimum Gasteiger partial charge on any atom is -0.336 e. The van der Waals surface area contributed by atoms with E-state index in [-0.39, 0.29) is 22.9 Å². The van der Waals surface area contributed by atoms with Gasteiger partial charge in [-0.1, -0.05) is 0 Å². The van der Waals surface area contributed by atoms with E-state index in [1.54, 1.807) is 4.90 Å². The molecule has 0 N–H and O–H groups in total. The fraction of sp³-hybridized carbons (Fsp3) is 0.533. The van der Waals surface area contributed by atoms with Crippen LogP contribution < -0.4 is 0 Å². The van der Waals surface area contributed by atoms with Crippen molar-refractivity contribution >= 4 is 11.6 Å². The molecule has 114 valence electrons. The van der Waals surface area contributed by atoms with E-state index in [9.17, 15) is 19.3 Å². The van der Waals surface area contributed by atoms with Gasteiger partial charge in [0.2, 0.25) is 0 Å². The number of amides is 1. The summed E-state index contributed by atoms with van der Waals surface area (Å²) in [6.07, 6.45) is 2.15. The van der Waals surface area contributed by atoms with Crippen molar-refractivity contribution in [3.8, 4) is 0 Å². The summed E-state index contributed by atoms with van der Waals surface area (Å²) in [6, 6.07) is 2.11. The van der Waals surface area contributed by atoms with Crippen LogP contribution in [0.25, 0.3) is 0 Å². The number of non-ortho nitro benzene ring substituents is 1. The molecule has 1 aromatic carbocycles. The lowest BCUT2D eigenvalue weighted by molar-refractivity contribution is -0.385. The van der Waals surface area contributed by atoms with E-state index < -0.39 is 16.6 Å². The lowest BCUT2D eigenvalue weighted by atomic mass is 10.1. The first-order valence-electron chi connectivity index (χ1n) is 7.06. The first kappa shape index (κ1) is 15.4. The molecule has 0 bridgehead atoms. The molecule has 0 radical (unpaired) electrons. The number of rotatable bonds is 5. The maximum Gasteiger partial charge on any atom is 0.270 e. The van der Waals surface area contributed by atoms with Crippen LogP contribution in [-0.4, -0.2) is 28.3 Å². The Balaban J connectivity index is 2.37. The molecule has 21 heavy (non-hydrogen) atoms. The Morgan fingerprint density at radius 3 is 2.57 bits per heavy atom. The summed E-state index contributed by atoms with van der Waals surface area (Å²) in [5.41, 5.74) is -0.355. The van der Waals surface area contributed by atoms with E-state index in [2.05, 4.69) is 0 Å². The molecule has 1 amide bonds. The van der Waals surface area contributed by atoms with Crippen molar-refractivity contribution in [2.75, 3.05) is 6.54 Å². The molecule has 0 saturated heterocycles. The van der Waals surface area contributed by atoms with Crippen molar-refractivity contribution in [2.45, 2.75) is 39.7 Å². The smallest absolute Gasteiger partial charge is 0.270 e. The van der Waals surface area contributed by atoms with Crippen molar-refractivity contribution in [1.82, 2.24) is 4.90 Å². The summed E-state index contributed by atoms with van der Waals surface area (Å²) < 4.78 is 14.2. The van der Waals surface area contributed by atoms with Gasteiger partial charge in [0, 0.05) is 24.7 Å². The van der Waals surface area contributed by atoms with E-state index in [4.69, 9.17) is 0 Å². The first-order chi connectivity index (χ1) is 9.81. The highest BCUT2D eigenvalue weighted by Crippen LogP contribution is 2.31. The van der Waals surface area contributed by atoms with Gasteiger partial charge in [-0.15, -0.1) is 0 Å². The summed E-state index contributed by atoms with van der Waals surface area (Å²) in [7, 11) is 0. The van der Waals surface area contributed by atoms with Gasteiger partial charge in [0.25, 0.3) is 11.6 Å². The van der Waals surface area contributed by atoms with Crippen LogP contribution in [0.5, 0.6) is 0 Å². The maximum absolute atomic E-state index is 14.2. The number of benzene rings is 1. The predicted molar refractivity (Wildman–Crippen MR) is 76.7 cm³/mol. The van der Waals surface area contributed by atoms with Crippen LogP contribution in [0.1, 0.15) is 42.6 Å². The van der Waals surface area contributed by atoms with E-state index in [0.717, 1.165) is 25.0 Å². The van der Waals surface area contributed by atoms with Gasteiger partial charge >= 0.3 is 0 Å². The molecule has 0 heterocycles. The van der Waals surface area contributed by atoms with Gasteiger partial charge in [0.05, 0.1) is 10.5 Å². The molecular formula is C15H19FN2O3. The second-order valence-corrected chi connectivity index (χ2v) is 5.88. The molecule has 1 aliphatic carbocycles. The van der Waals surface area contributed by atoms with Crippen molar-refractivity contribution in [3.63, 3.8) is 0 Å². The van der Waals surface area contributed by atoms with Crippen LogP contribution in [0.4, 0.5) is 10.1 Å². The van der Waals surface area contributed by atoms with Gasteiger partial charge in [-0.2, -0.15) is 0 Å².